The minimum Gasteiger partial charge on any atom is -0.467 e. The van der Waals surface area contributed by atoms with Crippen LogP contribution in [0.25, 0.3) is 0 Å². The van der Waals surface area contributed by atoms with Gasteiger partial charge in [-0.2, -0.15) is 0 Å². The predicted octanol–water partition coefficient (Wildman–Crippen LogP) is 0.439. The minimum atomic E-state index is -0.960. The van der Waals surface area contributed by atoms with Crippen molar-refractivity contribution in [3.8, 4) is 0 Å². The molecule has 0 unspecified atom stereocenters. The van der Waals surface area contributed by atoms with Crippen LogP contribution in [0.3, 0.4) is 0 Å². The molecule has 1 aliphatic heterocycles. The second-order valence-corrected chi connectivity index (χ2v) is 4.96. The van der Waals surface area contributed by atoms with E-state index < -0.39 is 30.3 Å². The summed E-state index contributed by atoms with van der Waals surface area (Å²) in [4.78, 5) is 50.5. The third-order valence-electron chi connectivity index (χ3n) is 3.27. The topological polar surface area (TPSA) is 91.1 Å². The first-order chi connectivity index (χ1) is 10.5. The fraction of sp³-hybridized carbons (Fsp3) is 0.429. The van der Waals surface area contributed by atoms with Gasteiger partial charge in [-0.25, -0.2) is 9.69 Å². The number of hydrogen-bond donors (Lipinski definition) is 0. The Bertz CT molecular complexity index is 596. The van der Waals surface area contributed by atoms with E-state index in [4.69, 9.17) is 4.42 Å². The number of hydrogen-bond acceptors (Lipinski definition) is 5. The Kier molecular flexibility index (Phi) is 4.59. The number of likely N-dealkylation sites (N-methyl/N-ethyl adjacent to an activating group) is 1. The fourth-order valence-electron chi connectivity index (χ4n) is 2.09. The first-order valence-corrected chi connectivity index (χ1v) is 6.89. The van der Waals surface area contributed by atoms with E-state index in [1.807, 2.05) is 0 Å². The molecule has 0 aromatic carbocycles. The van der Waals surface area contributed by atoms with Gasteiger partial charge in [-0.1, -0.05) is 6.92 Å². The number of amides is 5. The summed E-state index contributed by atoms with van der Waals surface area (Å²) in [6, 6.07) is 2.67. The van der Waals surface area contributed by atoms with Crippen molar-refractivity contribution < 1.29 is 23.6 Å². The molecule has 5 amide bonds. The van der Waals surface area contributed by atoms with E-state index in [2.05, 4.69) is 0 Å². The molecule has 1 saturated heterocycles. The Balaban J connectivity index is 2.00. The molecule has 118 valence electrons. The molecule has 0 spiro atoms. The van der Waals surface area contributed by atoms with Gasteiger partial charge in [0.25, 0.3) is 0 Å². The van der Waals surface area contributed by atoms with Gasteiger partial charge in [0.05, 0.1) is 12.8 Å². The standard InChI is InChI=1S/C14H17N3O5/c1-3-6-16-12(19)13(20)17(14(16)21)9-11(18)15(2)8-10-5-4-7-22-10/h4-5,7H,3,6,8-9H2,1-2H3. The van der Waals surface area contributed by atoms with E-state index in [1.54, 1.807) is 19.1 Å². The highest BCUT2D eigenvalue weighted by Crippen LogP contribution is 2.13. The van der Waals surface area contributed by atoms with Crippen molar-refractivity contribution in [1.82, 2.24) is 14.7 Å². The van der Waals surface area contributed by atoms with Crippen LogP contribution in [0.5, 0.6) is 0 Å². The zero-order valence-electron chi connectivity index (χ0n) is 12.4. The molecule has 0 saturated carbocycles. The van der Waals surface area contributed by atoms with E-state index >= 15 is 0 Å². The van der Waals surface area contributed by atoms with Crippen LogP contribution in [0, 0.1) is 0 Å². The number of carbonyl (C=O) groups is 4. The molecule has 0 bridgehead atoms. The van der Waals surface area contributed by atoms with Crippen LogP contribution in [0.2, 0.25) is 0 Å². The summed E-state index contributed by atoms with van der Waals surface area (Å²) in [5, 5.41) is 0. The maximum atomic E-state index is 12.1. The molecule has 1 aromatic heterocycles. The van der Waals surface area contributed by atoms with Gasteiger partial charge in [0.2, 0.25) is 5.91 Å². The molecule has 8 heteroatoms. The molecule has 22 heavy (non-hydrogen) atoms. The number of carbonyl (C=O) groups excluding carboxylic acids is 4. The van der Waals surface area contributed by atoms with E-state index in [1.165, 1.54) is 18.2 Å². The predicted molar refractivity (Wildman–Crippen MR) is 74.3 cm³/mol. The Morgan fingerprint density at radius 2 is 1.91 bits per heavy atom. The Morgan fingerprint density at radius 1 is 1.23 bits per heavy atom. The highest BCUT2D eigenvalue weighted by Gasteiger charge is 2.44. The van der Waals surface area contributed by atoms with Gasteiger partial charge in [-0.15, -0.1) is 0 Å². The summed E-state index contributed by atoms with van der Waals surface area (Å²) < 4.78 is 5.13. The summed E-state index contributed by atoms with van der Waals surface area (Å²) in [6.07, 6.45) is 2.04. The minimum absolute atomic E-state index is 0.163. The van der Waals surface area contributed by atoms with E-state index in [-0.39, 0.29) is 13.1 Å². The molecule has 1 aromatic rings. The second kappa shape index (κ2) is 6.42. The molecule has 0 N–H and O–H groups in total. The van der Waals surface area contributed by atoms with Crippen molar-refractivity contribution in [3.05, 3.63) is 24.2 Å². The molecule has 1 aliphatic rings. The van der Waals surface area contributed by atoms with Crippen molar-refractivity contribution in [3.63, 3.8) is 0 Å². The van der Waals surface area contributed by atoms with Crippen molar-refractivity contribution in [1.29, 1.82) is 0 Å². The summed E-state index contributed by atoms with van der Waals surface area (Å²) >= 11 is 0. The van der Waals surface area contributed by atoms with Crippen LogP contribution < -0.4 is 0 Å². The molecule has 2 heterocycles. The number of imide groups is 2. The molecule has 0 radical (unpaired) electrons. The van der Waals surface area contributed by atoms with E-state index in [0.29, 0.717) is 17.1 Å². The van der Waals surface area contributed by atoms with Crippen LogP contribution in [-0.2, 0) is 20.9 Å². The summed E-state index contributed by atoms with van der Waals surface area (Å²) in [5.41, 5.74) is 0. The average Bonchev–Trinajstić information content (AvgIpc) is 3.06. The number of urea groups is 1. The number of nitrogens with zero attached hydrogens (tertiary/aromatic N) is 3. The number of furan rings is 1. The summed E-state index contributed by atoms with van der Waals surface area (Å²) in [5.74, 6) is -1.71. The van der Waals surface area contributed by atoms with Gasteiger partial charge >= 0.3 is 17.8 Å². The lowest BCUT2D eigenvalue weighted by Crippen LogP contribution is -2.42. The van der Waals surface area contributed by atoms with Gasteiger partial charge in [0.15, 0.2) is 0 Å². The first kappa shape index (κ1) is 15.7. The zero-order chi connectivity index (χ0) is 16.3. The lowest BCUT2D eigenvalue weighted by atomic mass is 10.4. The quantitative estimate of drug-likeness (QED) is 0.562. The van der Waals surface area contributed by atoms with Crippen LogP contribution in [-0.4, -0.2) is 58.6 Å². The lowest BCUT2D eigenvalue weighted by Gasteiger charge is -2.19. The summed E-state index contributed by atoms with van der Waals surface area (Å²) in [6.45, 7) is 1.71. The summed E-state index contributed by atoms with van der Waals surface area (Å²) in [7, 11) is 1.53. The molecule has 1 fully saturated rings. The van der Waals surface area contributed by atoms with Gasteiger partial charge in [0.1, 0.15) is 12.3 Å². The zero-order valence-corrected chi connectivity index (χ0v) is 12.4. The maximum absolute atomic E-state index is 12.1. The average molecular weight is 307 g/mol. The van der Waals surface area contributed by atoms with Crippen LogP contribution >= 0.6 is 0 Å². The van der Waals surface area contributed by atoms with Gasteiger partial charge < -0.3 is 9.32 Å². The number of rotatable bonds is 6. The van der Waals surface area contributed by atoms with Crippen molar-refractivity contribution in [2.45, 2.75) is 19.9 Å². The maximum Gasteiger partial charge on any atom is 0.334 e. The van der Waals surface area contributed by atoms with Crippen LogP contribution in [0.4, 0.5) is 4.79 Å². The molecule has 0 aliphatic carbocycles. The third-order valence-corrected chi connectivity index (χ3v) is 3.27. The lowest BCUT2D eigenvalue weighted by molar-refractivity contribution is -0.144. The van der Waals surface area contributed by atoms with Gasteiger partial charge in [-0.3, -0.25) is 19.3 Å². The smallest absolute Gasteiger partial charge is 0.334 e. The highest BCUT2D eigenvalue weighted by atomic mass is 16.3. The monoisotopic (exact) mass is 307 g/mol. The molecular weight excluding hydrogens is 290 g/mol. The largest absolute Gasteiger partial charge is 0.467 e. The second-order valence-electron chi connectivity index (χ2n) is 4.96. The Hall–Kier alpha value is -2.64. The normalized spacial score (nSPS) is 14.9. The van der Waals surface area contributed by atoms with Gasteiger partial charge in [-0.05, 0) is 18.6 Å². The molecule has 2 rings (SSSR count). The van der Waals surface area contributed by atoms with E-state index in [9.17, 15) is 19.2 Å². The Morgan fingerprint density at radius 3 is 2.50 bits per heavy atom. The first-order valence-electron chi connectivity index (χ1n) is 6.89. The molecular formula is C14H17N3O5. The Labute approximate surface area is 127 Å². The van der Waals surface area contributed by atoms with Crippen molar-refractivity contribution in [2.24, 2.45) is 0 Å². The third kappa shape index (κ3) is 3.00. The molecule has 0 atom stereocenters. The molecule has 8 nitrogen and oxygen atoms in total. The van der Waals surface area contributed by atoms with Crippen LogP contribution in [0.15, 0.2) is 22.8 Å². The fourth-order valence-corrected chi connectivity index (χ4v) is 2.09. The SMILES string of the molecule is CCCN1C(=O)C(=O)N(CC(=O)N(C)Cc2ccco2)C1=O. The van der Waals surface area contributed by atoms with Crippen molar-refractivity contribution in [2.75, 3.05) is 20.1 Å². The van der Waals surface area contributed by atoms with Gasteiger partial charge in [0, 0.05) is 13.6 Å². The van der Waals surface area contributed by atoms with E-state index in [0.717, 1.165) is 4.90 Å². The van der Waals surface area contributed by atoms with Crippen LogP contribution in [0.1, 0.15) is 19.1 Å². The van der Waals surface area contributed by atoms with Crippen molar-refractivity contribution >= 4 is 23.8 Å². The highest BCUT2D eigenvalue weighted by molar-refractivity contribution is 6.45.